The van der Waals surface area contributed by atoms with Gasteiger partial charge >= 0.3 is 0 Å². The van der Waals surface area contributed by atoms with E-state index in [0.717, 1.165) is 11.1 Å². The van der Waals surface area contributed by atoms with Crippen molar-refractivity contribution in [2.45, 2.75) is 13.8 Å². The Labute approximate surface area is 88.2 Å². The van der Waals surface area contributed by atoms with Crippen molar-refractivity contribution in [3.05, 3.63) is 22.2 Å². The Bertz CT molecular complexity index is 337. The Kier molecular flexibility index (Phi) is 3.61. The van der Waals surface area contributed by atoms with Crippen molar-refractivity contribution in [3.8, 4) is 11.5 Å². The van der Waals surface area contributed by atoms with Crippen molar-refractivity contribution in [1.82, 2.24) is 0 Å². The molecule has 4 heteroatoms. The maximum absolute atomic E-state index is 9.41. The third kappa shape index (κ3) is 2.11. The molecule has 0 amide bonds. The van der Waals surface area contributed by atoms with Crippen LogP contribution < -0.4 is 4.74 Å². The first-order valence-electron chi connectivity index (χ1n) is 4.18. The summed E-state index contributed by atoms with van der Waals surface area (Å²) in [5, 5.41) is 9.73. The van der Waals surface area contributed by atoms with Crippen molar-refractivity contribution in [2.24, 2.45) is 0 Å². The molecule has 0 aliphatic rings. The second kappa shape index (κ2) is 4.53. The summed E-state index contributed by atoms with van der Waals surface area (Å²) in [4.78, 5) is 0. The van der Waals surface area contributed by atoms with E-state index in [2.05, 4.69) is 0 Å². The Morgan fingerprint density at radius 2 is 2.07 bits per heavy atom. The summed E-state index contributed by atoms with van der Waals surface area (Å²) in [5.74, 6) is 0.737. The van der Waals surface area contributed by atoms with Crippen LogP contribution in [0, 0.1) is 13.8 Å². The van der Waals surface area contributed by atoms with Crippen molar-refractivity contribution in [3.63, 3.8) is 0 Å². The molecule has 0 fully saturated rings. The van der Waals surface area contributed by atoms with Crippen molar-refractivity contribution < 1.29 is 14.6 Å². The molecule has 0 heterocycles. The molecule has 1 N–H and O–H groups in total. The van der Waals surface area contributed by atoms with E-state index in [1.54, 1.807) is 20.1 Å². The van der Waals surface area contributed by atoms with Gasteiger partial charge in [0.05, 0.1) is 5.02 Å². The molecular weight excluding hydrogens is 204 g/mol. The molecule has 0 unspecified atom stereocenters. The van der Waals surface area contributed by atoms with Gasteiger partial charge in [0.25, 0.3) is 0 Å². The molecule has 0 aliphatic heterocycles. The lowest BCUT2D eigenvalue weighted by Gasteiger charge is -2.13. The molecule has 0 saturated heterocycles. The van der Waals surface area contributed by atoms with Gasteiger partial charge in [-0.1, -0.05) is 11.6 Å². The van der Waals surface area contributed by atoms with E-state index in [0.29, 0.717) is 10.8 Å². The molecule has 1 aromatic rings. The molecule has 14 heavy (non-hydrogen) atoms. The van der Waals surface area contributed by atoms with Crippen molar-refractivity contribution >= 4 is 11.6 Å². The third-order valence-electron chi connectivity index (χ3n) is 1.93. The zero-order valence-corrected chi connectivity index (χ0v) is 9.18. The number of phenols is 1. The van der Waals surface area contributed by atoms with Crippen molar-refractivity contribution in [2.75, 3.05) is 13.9 Å². The highest BCUT2D eigenvalue weighted by molar-refractivity contribution is 6.33. The number of aryl methyl sites for hydroxylation is 1. The fourth-order valence-corrected chi connectivity index (χ4v) is 1.40. The Morgan fingerprint density at radius 1 is 1.43 bits per heavy atom. The van der Waals surface area contributed by atoms with E-state index >= 15 is 0 Å². The lowest BCUT2D eigenvalue weighted by atomic mass is 10.1. The molecule has 0 radical (unpaired) electrons. The molecule has 1 rings (SSSR count). The zero-order chi connectivity index (χ0) is 10.7. The van der Waals surface area contributed by atoms with E-state index in [4.69, 9.17) is 21.1 Å². The van der Waals surface area contributed by atoms with Crippen LogP contribution in [-0.2, 0) is 4.74 Å². The van der Waals surface area contributed by atoms with E-state index in [1.807, 2.05) is 6.92 Å². The van der Waals surface area contributed by atoms with Gasteiger partial charge in [-0.25, -0.2) is 0 Å². The second-order valence-electron chi connectivity index (χ2n) is 3.03. The number of aromatic hydroxyl groups is 1. The number of hydrogen-bond acceptors (Lipinski definition) is 3. The molecule has 0 spiro atoms. The van der Waals surface area contributed by atoms with Gasteiger partial charge < -0.3 is 14.6 Å². The predicted molar refractivity (Wildman–Crippen MR) is 55.1 cm³/mol. The minimum Gasteiger partial charge on any atom is -0.506 e. The summed E-state index contributed by atoms with van der Waals surface area (Å²) >= 11 is 5.86. The molecule has 0 saturated carbocycles. The first kappa shape index (κ1) is 11.1. The van der Waals surface area contributed by atoms with E-state index in [-0.39, 0.29) is 12.5 Å². The lowest BCUT2D eigenvalue weighted by Crippen LogP contribution is -2.02. The average Bonchev–Trinajstić information content (AvgIpc) is 2.14. The number of phenolic OH excluding ortho intramolecular Hbond substituents is 1. The molecular formula is C10H13ClO3. The second-order valence-corrected chi connectivity index (χ2v) is 3.41. The number of halogens is 1. The van der Waals surface area contributed by atoms with Gasteiger partial charge in [0.15, 0.2) is 6.79 Å². The predicted octanol–water partition coefficient (Wildman–Crippen LogP) is 2.65. The summed E-state index contributed by atoms with van der Waals surface area (Å²) in [6, 6.07) is 1.57. The molecule has 0 aromatic heterocycles. The number of methoxy groups -OCH3 is 1. The minimum atomic E-state index is 0.0754. The van der Waals surface area contributed by atoms with Gasteiger partial charge in [0, 0.05) is 12.7 Å². The molecule has 1 aromatic carbocycles. The topological polar surface area (TPSA) is 38.7 Å². The Morgan fingerprint density at radius 3 is 2.64 bits per heavy atom. The zero-order valence-electron chi connectivity index (χ0n) is 8.43. The van der Waals surface area contributed by atoms with Gasteiger partial charge in [0.2, 0.25) is 0 Å². The smallest absolute Gasteiger partial charge is 0.188 e. The maximum atomic E-state index is 9.41. The normalized spacial score (nSPS) is 10.3. The molecule has 0 bridgehead atoms. The van der Waals surface area contributed by atoms with Crippen LogP contribution in [0.2, 0.25) is 5.02 Å². The Balaban J connectivity index is 3.09. The monoisotopic (exact) mass is 216 g/mol. The molecule has 0 atom stereocenters. The summed E-state index contributed by atoms with van der Waals surface area (Å²) in [6.45, 7) is 3.80. The van der Waals surface area contributed by atoms with Gasteiger partial charge in [-0.3, -0.25) is 0 Å². The number of benzene rings is 1. The summed E-state index contributed by atoms with van der Waals surface area (Å²) in [7, 11) is 1.55. The lowest BCUT2D eigenvalue weighted by molar-refractivity contribution is 0.0501. The summed E-state index contributed by atoms with van der Waals surface area (Å²) in [5.41, 5.74) is 1.56. The fraction of sp³-hybridized carbons (Fsp3) is 0.400. The van der Waals surface area contributed by atoms with Gasteiger partial charge in [-0.15, -0.1) is 0 Å². The average molecular weight is 217 g/mol. The van der Waals surface area contributed by atoms with E-state index in [9.17, 15) is 5.11 Å². The first-order valence-corrected chi connectivity index (χ1v) is 4.56. The highest BCUT2D eigenvalue weighted by Crippen LogP contribution is 2.36. The van der Waals surface area contributed by atoms with Crippen LogP contribution in [0.5, 0.6) is 11.5 Å². The van der Waals surface area contributed by atoms with Crippen LogP contribution in [0.25, 0.3) is 0 Å². The van der Waals surface area contributed by atoms with E-state index in [1.165, 1.54) is 0 Å². The van der Waals surface area contributed by atoms with Crippen LogP contribution in [0.3, 0.4) is 0 Å². The van der Waals surface area contributed by atoms with Crippen LogP contribution in [0.1, 0.15) is 11.1 Å². The largest absolute Gasteiger partial charge is 0.506 e. The van der Waals surface area contributed by atoms with Gasteiger partial charge in [0.1, 0.15) is 11.5 Å². The van der Waals surface area contributed by atoms with Crippen LogP contribution in [-0.4, -0.2) is 19.0 Å². The highest BCUT2D eigenvalue weighted by atomic mass is 35.5. The number of rotatable bonds is 3. The van der Waals surface area contributed by atoms with Crippen LogP contribution in [0.15, 0.2) is 6.07 Å². The maximum Gasteiger partial charge on any atom is 0.188 e. The molecule has 78 valence electrons. The minimum absolute atomic E-state index is 0.0754. The fourth-order valence-electron chi connectivity index (χ4n) is 1.26. The molecule has 3 nitrogen and oxygen atoms in total. The van der Waals surface area contributed by atoms with Crippen molar-refractivity contribution in [1.29, 1.82) is 0 Å². The van der Waals surface area contributed by atoms with Crippen LogP contribution >= 0.6 is 11.6 Å². The Hall–Kier alpha value is -0.930. The number of ether oxygens (including phenoxy) is 2. The quantitative estimate of drug-likeness (QED) is 0.790. The molecule has 0 aliphatic carbocycles. The summed E-state index contributed by atoms with van der Waals surface area (Å²) in [6.07, 6.45) is 0. The van der Waals surface area contributed by atoms with Crippen LogP contribution in [0.4, 0.5) is 0 Å². The van der Waals surface area contributed by atoms with Gasteiger partial charge in [-0.05, 0) is 25.5 Å². The number of hydrogen-bond donors (Lipinski definition) is 1. The first-order chi connectivity index (χ1) is 6.57. The third-order valence-corrected chi connectivity index (χ3v) is 2.40. The van der Waals surface area contributed by atoms with E-state index < -0.39 is 0 Å². The standard InChI is InChI=1S/C10H13ClO3/c1-6-4-8(12)9(11)7(2)10(6)14-5-13-3/h4,12H,5H2,1-3H3. The van der Waals surface area contributed by atoms with Gasteiger partial charge in [-0.2, -0.15) is 0 Å². The highest BCUT2D eigenvalue weighted by Gasteiger charge is 2.11. The summed E-state index contributed by atoms with van der Waals surface area (Å²) < 4.78 is 10.1. The SMILES string of the molecule is COCOc1c(C)cc(O)c(Cl)c1C.